The maximum atomic E-state index is 14.2. The highest BCUT2D eigenvalue weighted by Crippen LogP contribution is 2.41. The summed E-state index contributed by atoms with van der Waals surface area (Å²) < 4.78 is 84.9. The zero-order chi connectivity index (χ0) is 61.1. The Hall–Kier alpha value is -4.00. The third kappa shape index (κ3) is 19.5. The topological polar surface area (TPSA) is 414 Å². The van der Waals surface area contributed by atoms with Gasteiger partial charge in [-0.3, -0.25) is 28.5 Å². The number of aliphatic hydroxyl groups is 6. The fourth-order valence-corrected chi connectivity index (χ4v) is 11.7. The molecular formula is C53H89N7O23S. The molecule has 480 valence electrons. The highest BCUT2D eigenvalue weighted by molar-refractivity contribution is 7.80. The van der Waals surface area contributed by atoms with Crippen molar-refractivity contribution in [2.45, 2.75) is 189 Å². The van der Waals surface area contributed by atoms with Crippen LogP contribution in [-0.4, -0.2) is 259 Å². The number of nitrogens with zero attached hydrogens (tertiary/aromatic N) is 4. The number of amides is 4. The lowest BCUT2D eigenvalue weighted by atomic mass is 9.74. The Bertz CT molecular complexity index is 2350. The van der Waals surface area contributed by atoms with Crippen LogP contribution in [0.15, 0.2) is 6.20 Å². The number of Topliss-reactive ketones (excluding diaryl/α,β-unsaturated/α-hetero) is 1. The van der Waals surface area contributed by atoms with Crippen LogP contribution in [0.25, 0.3) is 0 Å². The van der Waals surface area contributed by atoms with Crippen LogP contribution in [0.1, 0.15) is 115 Å². The maximum Gasteiger partial charge on any atom is 0.397 e. The van der Waals surface area contributed by atoms with Crippen LogP contribution in [0, 0.1) is 17.8 Å². The Morgan fingerprint density at radius 2 is 1.57 bits per heavy atom. The zero-order valence-corrected chi connectivity index (χ0v) is 49.2. The van der Waals surface area contributed by atoms with Crippen LogP contribution < -0.4 is 16.0 Å². The van der Waals surface area contributed by atoms with E-state index in [1.807, 2.05) is 6.92 Å². The van der Waals surface area contributed by atoms with Gasteiger partial charge in [0.2, 0.25) is 11.8 Å². The second kappa shape index (κ2) is 33.4. The number of likely N-dealkylation sites (tertiary alicyclic amines) is 1. The highest BCUT2D eigenvalue weighted by Gasteiger charge is 2.53. The Balaban J connectivity index is 1.01. The molecule has 1 aromatic heterocycles. The molecule has 3 aliphatic heterocycles. The van der Waals surface area contributed by atoms with E-state index in [9.17, 15) is 63.0 Å². The number of hydrogen-bond acceptors (Lipinski definition) is 24. The van der Waals surface area contributed by atoms with Gasteiger partial charge in [-0.05, 0) is 50.9 Å². The second-order valence-electron chi connectivity index (χ2n) is 22.4. The largest absolute Gasteiger partial charge is 0.397 e. The van der Waals surface area contributed by atoms with Gasteiger partial charge < -0.3 is 89.4 Å². The summed E-state index contributed by atoms with van der Waals surface area (Å²) in [5, 5.41) is 80.5. The number of hydrogen-bond donors (Lipinski definition) is 10. The summed E-state index contributed by atoms with van der Waals surface area (Å²) in [5.74, 6) is -2.73. The van der Waals surface area contributed by atoms with Gasteiger partial charge in [-0.25, -0.2) is 8.86 Å². The summed E-state index contributed by atoms with van der Waals surface area (Å²) in [5.41, 5.74) is -1.80. The minimum absolute atomic E-state index is 0.0165. The van der Waals surface area contributed by atoms with E-state index in [0.717, 1.165) is 49.4 Å². The van der Waals surface area contributed by atoms with Crippen LogP contribution in [-0.2, 0) is 77.2 Å². The molecule has 6 rings (SSSR count). The molecule has 5 fully saturated rings. The van der Waals surface area contributed by atoms with E-state index >= 15 is 0 Å². The van der Waals surface area contributed by atoms with Crippen molar-refractivity contribution in [3.8, 4) is 0 Å². The number of carbonyl (C=O) groups is 5. The number of nitrogens with one attached hydrogen (secondary N) is 3. The summed E-state index contributed by atoms with van der Waals surface area (Å²) in [6.45, 7) is 3.92. The van der Waals surface area contributed by atoms with E-state index in [4.69, 9.17) is 42.4 Å². The SMILES string of the molecule is CCC1CC(C(=O)CCCNC(=O)CCOCCOCCNC(=O)c2cn(C(CO)(COC)COS(=O)(=O)O)nn2)C[C@@H](O[C@@H]2O[C@@H](CO)[C@H](O)C(O[C@@H](CC3CCCCC3)C(=O)N3CCC3)C2NC(C)=O)[C@@H]1O[C@@H]1OC(C)[C@@H](O)[C@H](O)C1O. The number of ketones is 1. The molecule has 5 aliphatic rings. The summed E-state index contributed by atoms with van der Waals surface area (Å²) in [7, 11) is -3.59. The van der Waals surface area contributed by atoms with Crippen molar-refractivity contribution in [3.63, 3.8) is 0 Å². The molecule has 2 aliphatic carbocycles. The Labute approximate surface area is 489 Å². The molecule has 16 atom stereocenters. The van der Waals surface area contributed by atoms with Crippen molar-refractivity contribution in [2.75, 3.05) is 86.1 Å². The lowest BCUT2D eigenvalue weighted by Gasteiger charge is -2.49. The van der Waals surface area contributed by atoms with Gasteiger partial charge in [-0.2, -0.15) is 8.42 Å². The van der Waals surface area contributed by atoms with Gasteiger partial charge in [0.25, 0.3) is 11.8 Å². The highest BCUT2D eigenvalue weighted by atomic mass is 32.3. The first-order chi connectivity index (χ1) is 40.1. The number of aliphatic hydroxyl groups excluding tert-OH is 6. The predicted molar refractivity (Wildman–Crippen MR) is 289 cm³/mol. The van der Waals surface area contributed by atoms with Gasteiger partial charge in [0, 0.05) is 59.0 Å². The van der Waals surface area contributed by atoms with Crippen molar-refractivity contribution in [3.05, 3.63) is 11.9 Å². The molecule has 2 saturated carbocycles. The molecular weight excluding hydrogens is 1130 g/mol. The van der Waals surface area contributed by atoms with Gasteiger partial charge in [0.15, 0.2) is 18.3 Å². The number of methoxy groups -OCH3 is 1. The molecule has 31 heteroatoms. The molecule has 0 spiro atoms. The van der Waals surface area contributed by atoms with E-state index in [0.29, 0.717) is 38.8 Å². The molecule has 0 radical (unpaired) electrons. The number of aromatic nitrogens is 3. The maximum absolute atomic E-state index is 14.2. The third-order valence-electron chi connectivity index (χ3n) is 16.3. The number of rotatable bonds is 34. The van der Waals surface area contributed by atoms with Crippen LogP contribution >= 0.6 is 0 Å². The van der Waals surface area contributed by atoms with E-state index in [1.165, 1.54) is 21.0 Å². The summed E-state index contributed by atoms with van der Waals surface area (Å²) >= 11 is 0. The summed E-state index contributed by atoms with van der Waals surface area (Å²) in [6.07, 6.45) is -7.16. The van der Waals surface area contributed by atoms with Crippen LogP contribution in [0.5, 0.6) is 0 Å². The molecule has 4 amide bonds. The molecule has 0 bridgehead atoms. The van der Waals surface area contributed by atoms with Crippen molar-refractivity contribution < 1.29 is 110 Å². The second-order valence-corrected chi connectivity index (χ2v) is 23.5. The fraction of sp³-hybridized carbons (Fsp3) is 0.868. The average Bonchev–Trinajstić information content (AvgIpc) is 2.87. The summed E-state index contributed by atoms with van der Waals surface area (Å²) in [4.78, 5) is 68.3. The van der Waals surface area contributed by atoms with E-state index in [2.05, 4.69) is 30.4 Å². The zero-order valence-electron chi connectivity index (χ0n) is 48.4. The fourth-order valence-electron chi connectivity index (χ4n) is 11.4. The van der Waals surface area contributed by atoms with Crippen molar-refractivity contribution >= 4 is 39.8 Å². The lowest BCUT2D eigenvalue weighted by molar-refractivity contribution is -0.338. The van der Waals surface area contributed by atoms with Crippen LogP contribution in [0.4, 0.5) is 0 Å². The normalized spacial score (nSPS) is 30.6. The minimum Gasteiger partial charge on any atom is -0.394 e. The monoisotopic (exact) mass is 1220 g/mol. The quantitative estimate of drug-likeness (QED) is 0.0254. The van der Waals surface area contributed by atoms with Gasteiger partial charge in [0.1, 0.15) is 60.1 Å². The van der Waals surface area contributed by atoms with Gasteiger partial charge >= 0.3 is 10.4 Å². The Kier molecular flexibility index (Phi) is 27.5. The van der Waals surface area contributed by atoms with Crippen molar-refractivity contribution in [1.82, 2.24) is 35.8 Å². The molecule has 30 nitrogen and oxygen atoms in total. The first-order valence-corrected chi connectivity index (χ1v) is 30.5. The van der Waals surface area contributed by atoms with Gasteiger partial charge in [-0.1, -0.05) is 50.7 Å². The van der Waals surface area contributed by atoms with Crippen LogP contribution in [0.3, 0.4) is 0 Å². The van der Waals surface area contributed by atoms with Gasteiger partial charge in [-0.15, -0.1) is 5.10 Å². The summed E-state index contributed by atoms with van der Waals surface area (Å²) in [6, 6.07) is -1.25. The predicted octanol–water partition coefficient (Wildman–Crippen LogP) is -2.38. The Morgan fingerprint density at radius 3 is 2.21 bits per heavy atom. The molecule has 7 unspecified atom stereocenters. The number of carbonyl (C=O) groups excluding carboxylic acids is 5. The first kappa shape index (κ1) is 69.1. The molecule has 0 aromatic carbocycles. The molecule has 10 N–H and O–H groups in total. The van der Waals surface area contributed by atoms with Crippen molar-refractivity contribution in [2.24, 2.45) is 17.8 Å². The van der Waals surface area contributed by atoms with E-state index < -0.39 is 139 Å². The van der Waals surface area contributed by atoms with E-state index in [1.54, 1.807) is 4.90 Å². The minimum atomic E-state index is -4.87. The third-order valence-corrected chi connectivity index (χ3v) is 16.7. The molecule has 84 heavy (non-hydrogen) atoms. The van der Waals surface area contributed by atoms with Crippen LogP contribution in [0.2, 0.25) is 0 Å². The number of ether oxygens (including phenoxy) is 8. The molecule has 1 aromatic rings. The molecule has 3 saturated heterocycles. The first-order valence-electron chi connectivity index (χ1n) is 29.2. The smallest absolute Gasteiger partial charge is 0.394 e. The van der Waals surface area contributed by atoms with Gasteiger partial charge in [0.05, 0.1) is 77.4 Å². The van der Waals surface area contributed by atoms with Crippen molar-refractivity contribution in [1.29, 1.82) is 0 Å². The lowest BCUT2D eigenvalue weighted by Crippen LogP contribution is -2.67. The average molecular weight is 1220 g/mol. The molecule has 4 heterocycles. The standard InChI is InChI=1S/C53H89N7O23S/c1-5-34-24-35(37(64)13-9-15-54-41(65)14-19-76-21-22-77-20-16-55-49(70)36-26-60(58-57-36)53(28-62,29-75-4)30-78-84(72,73)74)25-38(47(34)83-52-46(69)45(68)43(66)31(2)79-52)81-51-42(56-32(3)63)48(44(67)40(27-61)82-51)80-39(50(71)59-17-10-18-59)23-33-11-7-6-8-12-33/h26,31,33-35,38-40,42-48,51-52,61-62,66-69H,5-25,27-30H2,1-4H3,(H,54,65)(H,55,70)(H,56,63)(H,72,73,74)/t31?,34?,35?,38-,39+,40+,42?,43-,44+,45+,46?,47-,48?,51-,52+,53?/m1/s1. The van der Waals surface area contributed by atoms with E-state index in [-0.39, 0.29) is 94.6 Å². The Morgan fingerprint density at radius 1 is 0.845 bits per heavy atom.